The Morgan fingerprint density at radius 3 is 2.22 bits per heavy atom. The Balaban J connectivity index is 1.74. The highest BCUT2D eigenvalue weighted by atomic mass is 16.4. The van der Waals surface area contributed by atoms with Crippen molar-refractivity contribution in [2.45, 2.75) is 31.2 Å². The molecule has 1 fully saturated rings. The van der Waals surface area contributed by atoms with Gasteiger partial charge < -0.3 is 15.3 Å². The first-order chi connectivity index (χ1) is 8.66. The van der Waals surface area contributed by atoms with Gasteiger partial charge in [-0.2, -0.15) is 0 Å². The van der Waals surface area contributed by atoms with Crippen molar-refractivity contribution in [2.75, 3.05) is 19.6 Å². The molecule has 4 nitrogen and oxygen atoms in total. The van der Waals surface area contributed by atoms with Gasteiger partial charge in [0.1, 0.15) is 6.10 Å². The zero-order chi connectivity index (χ0) is 13.0. The van der Waals surface area contributed by atoms with Gasteiger partial charge in [-0.15, -0.1) is 0 Å². The second-order valence-electron chi connectivity index (χ2n) is 4.97. The molecule has 4 heteroatoms. The Morgan fingerprint density at radius 2 is 1.61 bits per heavy atom. The molecule has 0 bridgehead atoms. The highest BCUT2D eigenvalue weighted by Crippen LogP contribution is 2.13. The first-order valence-electron chi connectivity index (χ1n) is 6.47. The maximum Gasteiger partial charge on any atom is 0.108 e. The van der Waals surface area contributed by atoms with Gasteiger partial charge in [0.15, 0.2) is 0 Å². The van der Waals surface area contributed by atoms with Crippen LogP contribution in [0.3, 0.4) is 0 Å². The second kappa shape index (κ2) is 6.29. The third-order valence-corrected chi connectivity index (χ3v) is 3.46. The Bertz CT molecular complexity index is 345. The van der Waals surface area contributed by atoms with Crippen LogP contribution < -0.4 is 0 Å². The van der Waals surface area contributed by atoms with E-state index in [1.165, 1.54) is 5.56 Å². The van der Waals surface area contributed by atoms with Gasteiger partial charge >= 0.3 is 0 Å². The molecule has 2 rings (SSSR count). The fourth-order valence-corrected chi connectivity index (χ4v) is 2.41. The number of piperidine rings is 1. The van der Waals surface area contributed by atoms with Crippen molar-refractivity contribution in [3.63, 3.8) is 0 Å². The van der Waals surface area contributed by atoms with Crippen LogP contribution in [0, 0.1) is 0 Å². The minimum atomic E-state index is -1.00. The smallest absolute Gasteiger partial charge is 0.108 e. The monoisotopic (exact) mass is 251 g/mol. The second-order valence-corrected chi connectivity index (χ2v) is 4.97. The van der Waals surface area contributed by atoms with Crippen molar-refractivity contribution in [1.29, 1.82) is 0 Å². The van der Waals surface area contributed by atoms with Crippen LogP contribution in [0.25, 0.3) is 0 Å². The summed E-state index contributed by atoms with van der Waals surface area (Å²) in [6.45, 7) is 1.70. The van der Waals surface area contributed by atoms with Gasteiger partial charge in [0.05, 0.1) is 12.2 Å². The molecule has 1 aromatic rings. The summed E-state index contributed by atoms with van der Waals surface area (Å²) in [6, 6.07) is 10.3. The first kappa shape index (κ1) is 13.5. The molecule has 0 saturated carbocycles. The molecule has 1 unspecified atom stereocenters. The van der Waals surface area contributed by atoms with E-state index in [1.807, 2.05) is 23.1 Å². The topological polar surface area (TPSA) is 63.9 Å². The quantitative estimate of drug-likeness (QED) is 0.706. The summed E-state index contributed by atoms with van der Waals surface area (Å²) in [5, 5.41) is 28.6. The molecule has 0 aromatic heterocycles. The third-order valence-electron chi connectivity index (χ3n) is 3.46. The van der Waals surface area contributed by atoms with Crippen molar-refractivity contribution in [2.24, 2.45) is 0 Å². The van der Waals surface area contributed by atoms with E-state index in [-0.39, 0.29) is 0 Å². The number of aliphatic hydroxyl groups excluding tert-OH is 3. The molecule has 0 radical (unpaired) electrons. The predicted molar refractivity (Wildman–Crippen MR) is 69.2 cm³/mol. The summed E-state index contributed by atoms with van der Waals surface area (Å²) < 4.78 is 0. The average molecular weight is 251 g/mol. The molecular formula is C14H21NO3. The summed E-state index contributed by atoms with van der Waals surface area (Å²) in [6.07, 6.45) is -0.711. The number of benzene rings is 1. The maximum atomic E-state index is 9.58. The average Bonchev–Trinajstić information content (AvgIpc) is 2.37. The molecule has 3 atom stereocenters. The lowest BCUT2D eigenvalue weighted by atomic mass is 10.0. The van der Waals surface area contributed by atoms with Crippen LogP contribution in [0.1, 0.15) is 12.0 Å². The predicted octanol–water partition coefficient (Wildman–Crippen LogP) is 0.0175. The summed E-state index contributed by atoms with van der Waals surface area (Å²) in [5.74, 6) is 0. The Hall–Kier alpha value is -0.940. The number of aliphatic hydroxyl groups is 3. The van der Waals surface area contributed by atoms with E-state index in [9.17, 15) is 15.3 Å². The highest BCUT2D eigenvalue weighted by molar-refractivity contribution is 5.14. The molecule has 18 heavy (non-hydrogen) atoms. The Kier molecular flexibility index (Phi) is 4.72. The zero-order valence-electron chi connectivity index (χ0n) is 10.4. The largest absolute Gasteiger partial charge is 0.389 e. The van der Waals surface area contributed by atoms with Crippen LogP contribution >= 0.6 is 0 Å². The summed E-state index contributed by atoms with van der Waals surface area (Å²) in [4.78, 5) is 2.00. The van der Waals surface area contributed by atoms with E-state index in [1.54, 1.807) is 0 Å². The molecule has 1 aliphatic rings. The van der Waals surface area contributed by atoms with Crippen LogP contribution in [0.5, 0.6) is 0 Å². The number of likely N-dealkylation sites (tertiary alicyclic amines) is 1. The van der Waals surface area contributed by atoms with E-state index in [0.717, 1.165) is 19.4 Å². The van der Waals surface area contributed by atoms with Crippen LogP contribution in [-0.4, -0.2) is 58.2 Å². The van der Waals surface area contributed by atoms with Gasteiger partial charge in [-0.3, -0.25) is 4.90 Å². The summed E-state index contributed by atoms with van der Waals surface area (Å²) >= 11 is 0. The molecule has 1 saturated heterocycles. The normalized spacial score (nSPS) is 29.4. The number of aryl methyl sites for hydroxylation is 1. The Morgan fingerprint density at radius 1 is 1.00 bits per heavy atom. The molecule has 3 N–H and O–H groups in total. The van der Waals surface area contributed by atoms with Crippen LogP contribution in [0.2, 0.25) is 0 Å². The molecule has 100 valence electrons. The minimum Gasteiger partial charge on any atom is -0.389 e. The summed E-state index contributed by atoms with van der Waals surface area (Å²) in [7, 11) is 0. The third kappa shape index (κ3) is 3.53. The van der Waals surface area contributed by atoms with Gasteiger partial charge in [-0.1, -0.05) is 30.3 Å². The van der Waals surface area contributed by atoms with Crippen molar-refractivity contribution in [3.8, 4) is 0 Å². The molecule has 1 heterocycles. The lowest BCUT2D eigenvalue weighted by molar-refractivity contribution is -0.109. The number of hydrogen-bond donors (Lipinski definition) is 3. The zero-order valence-corrected chi connectivity index (χ0v) is 10.4. The van der Waals surface area contributed by atoms with Crippen molar-refractivity contribution in [3.05, 3.63) is 35.9 Å². The van der Waals surface area contributed by atoms with Crippen molar-refractivity contribution < 1.29 is 15.3 Å². The van der Waals surface area contributed by atoms with Gasteiger partial charge in [0.2, 0.25) is 0 Å². The highest BCUT2D eigenvalue weighted by Gasteiger charge is 2.32. The van der Waals surface area contributed by atoms with Gasteiger partial charge in [0, 0.05) is 13.1 Å². The van der Waals surface area contributed by atoms with E-state index in [2.05, 4.69) is 12.1 Å². The van der Waals surface area contributed by atoms with E-state index in [4.69, 9.17) is 0 Å². The Labute approximate surface area is 107 Å². The SMILES string of the molecule is OC1[C@H](O)CN(CCCc2ccccc2)C[C@@H]1O. The van der Waals surface area contributed by atoms with Gasteiger partial charge in [-0.25, -0.2) is 0 Å². The van der Waals surface area contributed by atoms with E-state index < -0.39 is 18.3 Å². The van der Waals surface area contributed by atoms with E-state index in [0.29, 0.717) is 13.1 Å². The lowest BCUT2D eigenvalue weighted by Crippen LogP contribution is -2.55. The number of rotatable bonds is 4. The number of nitrogens with zero attached hydrogens (tertiary/aromatic N) is 1. The molecule has 0 aliphatic carbocycles. The van der Waals surface area contributed by atoms with Gasteiger partial charge in [0.25, 0.3) is 0 Å². The fraction of sp³-hybridized carbons (Fsp3) is 0.571. The van der Waals surface area contributed by atoms with Crippen LogP contribution in [0.4, 0.5) is 0 Å². The van der Waals surface area contributed by atoms with E-state index >= 15 is 0 Å². The lowest BCUT2D eigenvalue weighted by Gasteiger charge is -2.36. The van der Waals surface area contributed by atoms with Crippen LogP contribution in [-0.2, 0) is 6.42 Å². The standard InChI is InChI=1S/C14H21NO3/c16-12-9-15(10-13(17)14(12)18)8-4-7-11-5-2-1-3-6-11/h1-3,5-6,12-14,16-18H,4,7-10H2/t12-,13+,14?. The summed E-state index contributed by atoms with van der Waals surface area (Å²) in [5.41, 5.74) is 1.30. The molecule has 0 spiro atoms. The van der Waals surface area contributed by atoms with Crippen LogP contribution in [0.15, 0.2) is 30.3 Å². The van der Waals surface area contributed by atoms with Gasteiger partial charge in [-0.05, 0) is 24.9 Å². The van der Waals surface area contributed by atoms with Crippen molar-refractivity contribution >= 4 is 0 Å². The first-order valence-corrected chi connectivity index (χ1v) is 6.47. The minimum absolute atomic E-state index is 0.438. The number of β-amino-alcohol motifs (C(OH)–C–C–N with tert-alkyl or cyclic N) is 2. The molecule has 1 aromatic carbocycles. The van der Waals surface area contributed by atoms with Crippen molar-refractivity contribution in [1.82, 2.24) is 4.90 Å². The fourth-order valence-electron chi connectivity index (χ4n) is 2.41. The number of hydrogen-bond acceptors (Lipinski definition) is 4. The molecule has 1 aliphatic heterocycles. The molecular weight excluding hydrogens is 230 g/mol. The maximum absolute atomic E-state index is 9.58. The molecule has 0 amide bonds.